The Hall–Kier alpha value is -1.94. The summed E-state index contributed by atoms with van der Waals surface area (Å²) >= 11 is 0. The van der Waals surface area contributed by atoms with Gasteiger partial charge in [-0.3, -0.25) is 37.3 Å². The summed E-state index contributed by atoms with van der Waals surface area (Å²) in [5.41, 5.74) is 0. The van der Waals surface area contributed by atoms with Gasteiger partial charge in [-0.1, -0.05) is 369 Å². The average molecular weight is 1450 g/mol. The van der Waals surface area contributed by atoms with Gasteiger partial charge in [0.25, 0.3) is 0 Å². The van der Waals surface area contributed by atoms with Crippen molar-refractivity contribution in [3.05, 3.63) is 0 Å². The molecule has 0 aromatic carbocycles. The van der Waals surface area contributed by atoms with Crippen LogP contribution in [0.5, 0.6) is 0 Å². The van der Waals surface area contributed by atoms with Crippen molar-refractivity contribution in [2.45, 2.75) is 439 Å². The normalized spacial score (nSPS) is 14.2. The van der Waals surface area contributed by atoms with Crippen LogP contribution in [0.25, 0.3) is 0 Å². The van der Waals surface area contributed by atoms with Crippen LogP contribution in [0.1, 0.15) is 420 Å². The molecule has 0 radical (unpaired) electrons. The summed E-state index contributed by atoms with van der Waals surface area (Å²) < 4.78 is 68.7. The SMILES string of the molecule is CCCCCCCCCCCCCCCCCCCCCC(=O)O[C@H](COC(=O)CCCCCCCCCCCCCCCCC(C)C)COP(=O)(O)OC[C@@H](O)COP(=O)(O)OC[C@@H](COC(=O)CCCCCCCCCCC)OC(=O)CCCCCCCCCCCCC(C)CC. The molecular weight excluding hydrogens is 1290 g/mol. The Labute approximate surface area is 607 Å². The maximum absolute atomic E-state index is 13.1. The number of hydrogen-bond donors (Lipinski definition) is 3. The number of phosphoric acid groups is 2. The minimum atomic E-state index is -4.96. The van der Waals surface area contributed by atoms with Crippen LogP contribution in [0.4, 0.5) is 0 Å². The maximum atomic E-state index is 13.1. The summed E-state index contributed by atoms with van der Waals surface area (Å²) in [6.45, 7) is 9.66. The Balaban J connectivity index is 5.23. The molecule has 6 atom stereocenters. The van der Waals surface area contributed by atoms with E-state index in [9.17, 15) is 43.2 Å². The largest absolute Gasteiger partial charge is 0.472 e. The summed E-state index contributed by atoms with van der Waals surface area (Å²) in [5.74, 6) is -0.508. The van der Waals surface area contributed by atoms with E-state index in [1.165, 1.54) is 238 Å². The lowest BCUT2D eigenvalue weighted by molar-refractivity contribution is -0.161. The third-order valence-corrected chi connectivity index (χ3v) is 21.0. The van der Waals surface area contributed by atoms with Gasteiger partial charge in [-0.2, -0.15) is 0 Å². The maximum Gasteiger partial charge on any atom is 0.472 e. The van der Waals surface area contributed by atoms with E-state index in [4.69, 9.17) is 37.0 Å². The van der Waals surface area contributed by atoms with Crippen molar-refractivity contribution in [2.24, 2.45) is 11.8 Å². The van der Waals surface area contributed by atoms with Gasteiger partial charge in [-0.25, -0.2) is 9.13 Å². The van der Waals surface area contributed by atoms with Crippen LogP contribution in [0, 0.1) is 11.8 Å². The number of aliphatic hydroxyl groups excluding tert-OH is 1. The molecule has 0 heterocycles. The fourth-order valence-corrected chi connectivity index (χ4v) is 13.9. The van der Waals surface area contributed by atoms with Crippen molar-refractivity contribution in [1.82, 2.24) is 0 Å². The Morgan fingerprint density at radius 3 is 0.768 bits per heavy atom. The third kappa shape index (κ3) is 72.8. The molecule has 0 aliphatic carbocycles. The first-order valence-electron chi connectivity index (χ1n) is 41.5. The predicted octanol–water partition coefficient (Wildman–Crippen LogP) is 23.9. The molecule has 0 aromatic heterocycles. The Kier molecular flexibility index (Phi) is 70.3. The molecule has 0 rings (SSSR count). The van der Waals surface area contributed by atoms with E-state index >= 15 is 0 Å². The number of esters is 4. The number of aliphatic hydroxyl groups is 1. The van der Waals surface area contributed by atoms with Gasteiger partial charge in [0, 0.05) is 25.7 Å². The number of unbranched alkanes of at least 4 members (excludes halogenated alkanes) is 48. The van der Waals surface area contributed by atoms with E-state index in [1.807, 2.05) is 0 Å². The van der Waals surface area contributed by atoms with E-state index in [2.05, 4.69) is 41.5 Å². The van der Waals surface area contributed by atoms with Crippen LogP contribution >= 0.6 is 15.6 Å². The number of carbonyl (C=O) groups excluding carboxylic acids is 4. The summed E-state index contributed by atoms with van der Waals surface area (Å²) in [6.07, 6.45) is 61.0. The zero-order valence-electron chi connectivity index (χ0n) is 64.8. The second kappa shape index (κ2) is 71.7. The summed E-state index contributed by atoms with van der Waals surface area (Å²) in [6, 6.07) is 0. The lowest BCUT2D eigenvalue weighted by Gasteiger charge is -2.21. The summed E-state index contributed by atoms with van der Waals surface area (Å²) in [4.78, 5) is 72.9. The minimum absolute atomic E-state index is 0.106. The molecule has 3 N–H and O–H groups in total. The van der Waals surface area contributed by atoms with Crippen LogP contribution in [0.15, 0.2) is 0 Å². The highest BCUT2D eigenvalue weighted by Crippen LogP contribution is 2.45. The number of phosphoric ester groups is 2. The lowest BCUT2D eigenvalue weighted by Crippen LogP contribution is -2.30. The summed E-state index contributed by atoms with van der Waals surface area (Å²) in [5, 5.41) is 10.6. The van der Waals surface area contributed by atoms with Crippen molar-refractivity contribution in [1.29, 1.82) is 0 Å². The first-order chi connectivity index (χ1) is 47.9. The molecule has 0 amide bonds. The Morgan fingerprint density at radius 2 is 0.515 bits per heavy atom. The fraction of sp³-hybridized carbons (Fsp3) is 0.950. The molecule has 0 bridgehead atoms. The zero-order chi connectivity index (χ0) is 72.8. The van der Waals surface area contributed by atoms with Gasteiger partial charge in [0.2, 0.25) is 0 Å². The molecule has 0 saturated heterocycles. The first-order valence-corrected chi connectivity index (χ1v) is 44.5. The van der Waals surface area contributed by atoms with E-state index < -0.39 is 97.5 Å². The number of rotatable bonds is 79. The molecule has 588 valence electrons. The van der Waals surface area contributed by atoms with Gasteiger partial charge in [0.1, 0.15) is 19.3 Å². The highest BCUT2D eigenvalue weighted by molar-refractivity contribution is 7.47. The number of ether oxygens (including phenoxy) is 4. The van der Waals surface area contributed by atoms with E-state index in [1.54, 1.807) is 0 Å². The van der Waals surface area contributed by atoms with Crippen LogP contribution in [0.3, 0.4) is 0 Å². The van der Waals surface area contributed by atoms with Crippen LogP contribution < -0.4 is 0 Å². The van der Waals surface area contributed by atoms with Crippen LogP contribution in [0.2, 0.25) is 0 Å². The van der Waals surface area contributed by atoms with Crippen LogP contribution in [-0.2, 0) is 65.4 Å². The van der Waals surface area contributed by atoms with Crippen LogP contribution in [-0.4, -0.2) is 96.7 Å². The average Bonchev–Trinajstić information content (AvgIpc) is 0.960. The molecule has 99 heavy (non-hydrogen) atoms. The molecule has 17 nitrogen and oxygen atoms in total. The molecule has 0 fully saturated rings. The number of hydrogen-bond acceptors (Lipinski definition) is 15. The van der Waals surface area contributed by atoms with Crippen molar-refractivity contribution < 1.29 is 80.2 Å². The molecule has 19 heteroatoms. The molecule has 0 aliphatic heterocycles. The monoisotopic (exact) mass is 1450 g/mol. The van der Waals surface area contributed by atoms with Crippen molar-refractivity contribution >= 4 is 39.5 Å². The molecule has 0 aliphatic rings. The quantitative estimate of drug-likeness (QED) is 0.0222. The zero-order valence-corrected chi connectivity index (χ0v) is 66.6. The van der Waals surface area contributed by atoms with Gasteiger partial charge in [-0.05, 0) is 37.5 Å². The Bertz CT molecular complexity index is 1910. The van der Waals surface area contributed by atoms with Crippen molar-refractivity contribution in [3.8, 4) is 0 Å². The molecule has 3 unspecified atom stereocenters. The van der Waals surface area contributed by atoms with E-state index in [0.29, 0.717) is 25.7 Å². The standard InChI is InChI=1S/C80H156O17P2/c1-7-10-12-14-16-18-19-20-21-22-23-24-25-30-33-40-46-52-58-64-79(84)96-76(69-91-78(83)63-57-51-45-39-32-29-27-26-28-31-37-42-48-54-60-72(4)5)71-95-99(88,89)93-67-74(81)66-92-98(86,87)94-70-75(68-90-77(82)62-56-50-44-36-17-15-13-11-8-2)97-80(85)65-59-53-47-41-35-34-38-43-49-55-61-73(6)9-3/h72-76,81H,7-71H2,1-6H3,(H,86,87)(H,88,89)/t73?,74-,75+,76+/m0/s1. The molecule has 0 spiro atoms. The second-order valence-corrected chi connectivity index (χ2v) is 32.4. The highest BCUT2D eigenvalue weighted by Gasteiger charge is 2.30. The molecule has 0 aromatic rings. The number of carbonyl (C=O) groups is 4. The fourth-order valence-electron chi connectivity index (χ4n) is 12.3. The topological polar surface area (TPSA) is 237 Å². The summed E-state index contributed by atoms with van der Waals surface area (Å²) in [7, 11) is -9.92. The smallest absolute Gasteiger partial charge is 0.462 e. The van der Waals surface area contributed by atoms with E-state index in [-0.39, 0.29) is 25.7 Å². The first kappa shape index (κ1) is 97.1. The second-order valence-electron chi connectivity index (χ2n) is 29.5. The third-order valence-electron chi connectivity index (χ3n) is 19.1. The van der Waals surface area contributed by atoms with Crippen molar-refractivity contribution in [3.63, 3.8) is 0 Å². The molecular formula is C80H156O17P2. The van der Waals surface area contributed by atoms with Crippen molar-refractivity contribution in [2.75, 3.05) is 39.6 Å². The lowest BCUT2D eigenvalue weighted by atomic mass is 9.99. The molecule has 0 saturated carbocycles. The van der Waals surface area contributed by atoms with Gasteiger partial charge in [-0.15, -0.1) is 0 Å². The highest BCUT2D eigenvalue weighted by atomic mass is 31.2. The van der Waals surface area contributed by atoms with Gasteiger partial charge in [0.05, 0.1) is 26.4 Å². The Morgan fingerprint density at radius 1 is 0.293 bits per heavy atom. The van der Waals surface area contributed by atoms with Gasteiger partial charge < -0.3 is 33.8 Å². The predicted molar refractivity (Wildman–Crippen MR) is 405 cm³/mol. The van der Waals surface area contributed by atoms with Gasteiger partial charge >= 0.3 is 39.5 Å². The van der Waals surface area contributed by atoms with Gasteiger partial charge in [0.15, 0.2) is 12.2 Å². The van der Waals surface area contributed by atoms with E-state index in [0.717, 1.165) is 102 Å². The minimum Gasteiger partial charge on any atom is -0.462 e.